The largest absolute Gasteiger partial charge is 0.391 e. The molecule has 0 aliphatic heterocycles. The molecular weight excluding hydrogens is 256 g/mol. The molecule has 0 saturated heterocycles. The highest BCUT2D eigenvalue weighted by molar-refractivity contribution is 5.92. The van der Waals surface area contributed by atoms with Crippen LogP contribution < -0.4 is 0 Å². The molecule has 0 aromatic carbocycles. The highest BCUT2D eigenvalue weighted by atomic mass is 16.5. The molecule has 5 nitrogen and oxygen atoms in total. The number of aromatic nitrogens is 1. The molecule has 1 heterocycles. The molecule has 5 heteroatoms. The summed E-state index contributed by atoms with van der Waals surface area (Å²) in [5, 5.41) is 10.1. The first-order chi connectivity index (χ1) is 9.65. The zero-order valence-corrected chi connectivity index (χ0v) is 12.3. The molecule has 112 valence electrons. The SMILES string of the molecule is COCCn1cccc1C(=O)N(C)C1CCCCC1O. The van der Waals surface area contributed by atoms with Gasteiger partial charge < -0.3 is 19.3 Å². The first-order valence-electron chi connectivity index (χ1n) is 7.24. The zero-order chi connectivity index (χ0) is 14.5. The summed E-state index contributed by atoms with van der Waals surface area (Å²) in [7, 11) is 3.44. The fourth-order valence-electron chi connectivity index (χ4n) is 2.87. The van der Waals surface area contributed by atoms with Crippen LogP contribution in [0.4, 0.5) is 0 Å². The summed E-state index contributed by atoms with van der Waals surface area (Å²) in [6, 6.07) is 3.62. The normalized spacial score (nSPS) is 22.8. The van der Waals surface area contributed by atoms with Crippen LogP contribution in [-0.4, -0.2) is 53.4 Å². The van der Waals surface area contributed by atoms with E-state index in [-0.39, 0.29) is 11.9 Å². The highest BCUT2D eigenvalue weighted by Crippen LogP contribution is 2.23. The first-order valence-corrected chi connectivity index (χ1v) is 7.24. The summed E-state index contributed by atoms with van der Waals surface area (Å²) in [5.74, 6) is -0.0305. The van der Waals surface area contributed by atoms with Gasteiger partial charge in [0.1, 0.15) is 5.69 Å². The predicted molar refractivity (Wildman–Crippen MR) is 76.7 cm³/mol. The number of carbonyl (C=O) groups excluding carboxylic acids is 1. The van der Waals surface area contributed by atoms with Crippen molar-refractivity contribution in [2.75, 3.05) is 20.8 Å². The summed E-state index contributed by atoms with van der Waals surface area (Å²) in [6.07, 6.45) is 5.26. The Labute approximate surface area is 120 Å². The van der Waals surface area contributed by atoms with Gasteiger partial charge in [0.25, 0.3) is 5.91 Å². The van der Waals surface area contributed by atoms with E-state index < -0.39 is 6.10 Å². The molecule has 1 fully saturated rings. The minimum atomic E-state index is -0.403. The lowest BCUT2D eigenvalue weighted by Crippen LogP contribution is -2.46. The van der Waals surface area contributed by atoms with Crippen LogP contribution in [-0.2, 0) is 11.3 Å². The molecule has 1 aromatic heterocycles. The van der Waals surface area contributed by atoms with E-state index in [1.165, 1.54) is 0 Å². The zero-order valence-electron chi connectivity index (χ0n) is 12.3. The molecule has 2 unspecified atom stereocenters. The van der Waals surface area contributed by atoms with E-state index >= 15 is 0 Å². The predicted octanol–water partition coefficient (Wildman–Crippen LogP) is 1.51. The smallest absolute Gasteiger partial charge is 0.270 e. The van der Waals surface area contributed by atoms with Gasteiger partial charge in [0, 0.05) is 26.9 Å². The van der Waals surface area contributed by atoms with Gasteiger partial charge in [-0.3, -0.25) is 4.79 Å². The molecule has 2 atom stereocenters. The summed E-state index contributed by atoms with van der Waals surface area (Å²) < 4.78 is 6.96. The Morgan fingerprint density at radius 1 is 1.50 bits per heavy atom. The monoisotopic (exact) mass is 280 g/mol. The van der Waals surface area contributed by atoms with Crippen molar-refractivity contribution < 1.29 is 14.6 Å². The third kappa shape index (κ3) is 3.22. The lowest BCUT2D eigenvalue weighted by molar-refractivity contribution is 0.0260. The molecule has 0 spiro atoms. The Kier molecular flexibility index (Phi) is 5.20. The third-order valence-corrected chi connectivity index (χ3v) is 4.10. The molecule has 0 bridgehead atoms. The standard InChI is InChI=1S/C15H24N2O3/c1-16(12-6-3-4-8-14(12)18)15(19)13-7-5-9-17(13)10-11-20-2/h5,7,9,12,14,18H,3-4,6,8,10-11H2,1-2H3. The van der Waals surface area contributed by atoms with Crippen molar-refractivity contribution in [1.29, 1.82) is 0 Å². The second-order valence-corrected chi connectivity index (χ2v) is 5.41. The van der Waals surface area contributed by atoms with Crippen molar-refractivity contribution in [3.8, 4) is 0 Å². The van der Waals surface area contributed by atoms with E-state index in [0.717, 1.165) is 25.7 Å². The van der Waals surface area contributed by atoms with Gasteiger partial charge in [0.15, 0.2) is 0 Å². The summed E-state index contributed by atoms with van der Waals surface area (Å²) in [6.45, 7) is 1.23. The average molecular weight is 280 g/mol. The maximum Gasteiger partial charge on any atom is 0.270 e. The van der Waals surface area contributed by atoms with Crippen LogP contribution in [0, 0.1) is 0 Å². The van der Waals surface area contributed by atoms with Crippen molar-refractivity contribution in [2.45, 2.75) is 44.4 Å². The Balaban J connectivity index is 2.08. The van der Waals surface area contributed by atoms with Gasteiger partial charge in [-0.05, 0) is 25.0 Å². The van der Waals surface area contributed by atoms with E-state index in [1.807, 2.05) is 22.9 Å². The molecule has 1 aliphatic carbocycles. The molecule has 1 saturated carbocycles. The number of nitrogens with zero attached hydrogens (tertiary/aromatic N) is 2. The quantitative estimate of drug-likeness (QED) is 0.889. The van der Waals surface area contributed by atoms with E-state index in [9.17, 15) is 9.90 Å². The minimum absolute atomic E-state index is 0.0305. The Bertz CT molecular complexity index is 444. The molecule has 1 N–H and O–H groups in total. The lowest BCUT2D eigenvalue weighted by Gasteiger charge is -2.35. The van der Waals surface area contributed by atoms with Gasteiger partial charge in [-0.25, -0.2) is 0 Å². The van der Waals surface area contributed by atoms with Gasteiger partial charge in [-0.2, -0.15) is 0 Å². The van der Waals surface area contributed by atoms with Crippen LogP contribution in [0.1, 0.15) is 36.2 Å². The van der Waals surface area contributed by atoms with Crippen LogP contribution in [0.3, 0.4) is 0 Å². The van der Waals surface area contributed by atoms with Crippen molar-refractivity contribution in [1.82, 2.24) is 9.47 Å². The second kappa shape index (κ2) is 6.90. The van der Waals surface area contributed by atoms with Gasteiger partial charge in [0.05, 0.1) is 18.8 Å². The number of carbonyl (C=O) groups is 1. The number of rotatable bonds is 5. The number of likely N-dealkylation sites (N-methyl/N-ethyl adjacent to an activating group) is 1. The van der Waals surface area contributed by atoms with Crippen LogP contribution in [0.5, 0.6) is 0 Å². The van der Waals surface area contributed by atoms with Gasteiger partial charge in [0.2, 0.25) is 0 Å². The van der Waals surface area contributed by atoms with E-state index in [0.29, 0.717) is 18.8 Å². The maximum atomic E-state index is 12.6. The van der Waals surface area contributed by atoms with Crippen molar-refractivity contribution in [2.24, 2.45) is 0 Å². The van der Waals surface area contributed by atoms with Crippen LogP contribution in [0.2, 0.25) is 0 Å². The molecule has 20 heavy (non-hydrogen) atoms. The number of hydrogen-bond donors (Lipinski definition) is 1. The fraction of sp³-hybridized carbons (Fsp3) is 0.667. The maximum absolute atomic E-state index is 12.6. The molecule has 1 amide bonds. The van der Waals surface area contributed by atoms with Gasteiger partial charge in [-0.15, -0.1) is 0 Å². The van der Waals surface area contributed by atoms with Crippen LogP contribution >= 0.6 is 0 Å². The topological polar surface area (TPSA) is 54.7 Å². The Morgan fingerprint density at radius 2 is 2.25 bits per heavy atom. The van der Waals surface area contributed by atoms with Crippen molar-refractivity contribution in [3.05, 3.63) is 24.0 Å². The molecule has 2 rings (SSSR count). The lowest BCUT2D eigenvalue weighted by atomic mass is 9.91. The minimum Gasteiger partial charge on any atom is -0.391 e. The fourth-order valence-corrected chi connectivity index (χ4v) is 2.87. The second-order valence-electron chi connectivity index (χ2n) is 5.41. The average Bonchev–Trinajstić information content (AvgIpc) is 2.92. The number of hydrogen-bond acceptors (Lipinski definition) is 3. The summed E-state index contributed by atoms with van der Waals surface area (Å²) >= 11 is 0. The Hall–Kier alpha value is -1.33. The number of amides is 1. The summed E-state index contributed by atoms with van der Waals surface area (Å²) in [5.41, 5.74) is 0.655. The van der Waals surface area contributed by atoms with Crippen molar-refractivity contribution in [3.63, 3.8) is 0 Å². The van der Waals surface area contributed by atoms with Crippen LogP contribution in [0.15, 0.2) is 18.3 Å². The van der Waals surface area contributed by atoms with Crippen molar-refractivity contribution >= 4 is 5.91 Å². The Morgan fingerprint density at radius 3 is 2.95 bits per heavy atom. The number of methoxy groups -OCH3 is 1. The van der Waals surface area contributed by atoms with E-state index in [4.69, 9.17) is 4.74 Å². The third-order valence-electron chi connectivity index (χ3n) is 4.10. The number of aliphatic hydroxyl groups is 1. The molecular formula is C15H24N2O3. The molecule has 0 radical (unpaired) electrons. The first kappa shape index (κ1) is 15.1. The number of ether oxygens (including phenoxy) is 1. The van der Waals surface area contributed by atoms with Crippen LogP contribution in [0.25, 0.3) is 0 Å². The number of aliphatic hydroxyl groups excluding tert-OH is 1. The molecule has 1 aliphatic rings. The van der Waals surface area contributed by atoms with Gasteiger partial charge in [-0.1, -0.05) is 12.8 Å². The highest BCUT2D eigenvalue weighted by Gasteiger charge is 2.30. The van der Waals surface area contributed by atoms with E-state index in [1.54, 1.807) is 19.1 Å². The van der Waals surface area contributed by atoms with E-state index in [2.05, 4.69) is 0 Å². The summed E-state index contributed by atoms with van der Waals surface area (Å²) in [4.78, 5) is 14.3. The molecule has 1 aromatic rings. The van der Waals surface area contributed by atoms with Gasteiger partial charge >= 0.3 is 0 Å².